The van der Waals surface area contributed by atoms with Crippen LogP contribution in [-0.4, -0.2) is 42.7 Å². The summed E-state index contributed by atoms with van der Waals surface area (Å²) in [5.74, 6) is -1.23. The molecule has 6 nitrogen and oxygen atoms in total. The highest BCUT2D eigenvalue weighted by Crippen LogP contribution is 2.45. The second-order valence-corrected chi connectivity index (χ2v) is 7.27. The summed E-state index contributed by atoms with van der Waals surface area (Å²) in [6, 6.07) is 4.31. The number of carbonyl (C=O) groups is 2. The van der Waals surface area contributed by atoms with Crippen LogP contribution in [0.25, 0.3) is 0 Å². The van der Waals surface area contributed by atoms with Crippen LogP contribution in [0.4, 0.5) is 29.3 Å². The number of fused-ring (bicyclic) bond motifs is 1. The molecular weight excluding hydrogens is 351 g/mol. The highest BCUT2D eigenvalue weighted by Gasteiger charge is 2.51. The molecule has 1 atom stereocenters. The number of benzene rings is 1. The summed E-state index contributed by atoms with van der Waals surface area (Å²) < 4.78 is 44.7. The lowest BCUT2D eigenvalue weighted by molar-refractivity contribution is -0.214. The second-order valence-electron chi connectivity index (χ2n) is 7.27. The molecule has 2 N–H and O–H groups in total. The average molecular weight is 371 g/mol. The number of piperidine rings is 1. The summed E-state index contributed by atoms with van der Waals surface area (Å²) >= 11 is 0. The molecule has 3 rings (SSSR count). The maximum Gasteiger partial charge on any atom is 0.392 e. The lowest BCUT2D eigenvalue weighted by Crippen LogP contribution is -2.53. The van der Waals surface area contributed by atoms with Gasteiger partial charge in [-0.2, -0.15) is 13.2 Å². The lowest BCUT2D eigenvalue weighted by atomic mass is 9.73. The Kier molecular flexibility index (Phi) is 4.49. The summed E-state index contributed by atoms with van der Waals surface area (Å²) in [7, 11) is 0. The zero-order chi connectivity index (χ0) is 19.1. The van der Waals surface area contributed by atoms with Gasteiger partial charge in [0.25, 0.3) is 5.91 Å². The smallest absolute Gasteiger partial charge is 0.392 e. The first-order chi connectivity index (χ1) is 12.1. The van der Waals surface area contributed by atoms with Crippen molar-refractivity contribution < 1.29 is 27.5 Å². The van der Waals surface area contributed by atoms with Gasteiger partial charge in [0.15, 0.2) is 6.61 Å². The van der Waals surface area contributed by atoms with Crippen molar-refractivity contribution in [2.75, 3.05) is 30.3 Å². The predicted molar refractivity (Wildman–Crippen MR) is 89.1 cm³/mol. The number of nitrogens with zero attached hydrogens (tertiary/aromatic N) is 1. The van der Waals surface area contributed by atoms with Crippen molar-refractivity contribution in [3.63, 3.8) is 0 Å². The molecule has 1 aromatic rings. The zero-order valence-corrected chi connectivity index (χ0v) is 14.4. The quantitative estimate of drug-likeness (QED) is 0.794. The summed E-state index contributed by atoms with van der Waals surface area (Å²) in [5, 5.41) is 5.30. The van der Waals surface area contributed by atoms with Crippen LogP contribution in [0.3, 0.4) is 0 Å². The molecule has 0 unspecified atom stereocenters. The summed E-state index contributed by atoms with van der Waals surface area (Å²) in [4.78, 5) is 25.2. The number of amides is 3. The van der Waals surface area contributed by atoms with Crippen molar-refractivity contribution in [2.45, 2.75) is 26.4 Å². The molecule has 0 bridgehead atoms. The lowest BCUT2D eigenvalue weighted by Gasteiger charge is -2.44. The third kappa shape index (κ3) is 3.71. The first-order valence-electron chi connectivity index (χ1n) is 8.25. The van der Waals surface area contributed by atoms with E-state index in [1.165, 1.54) is 18.7 Å². The maximum atomic E-state index is 13.1. The molecule has 0 spiro atoms. The minimum Gasteiger partial charge on any atom is -0.482 e. The van der Waals surface area contributed by atoms with E-state index in [9.17, 15) is 22.8 Å². The molecule has 3 amide bonds. The van der Waals surface area contributed by atoms with Crippen molar-refractivity contribution in [1.29, 1.82) is 0 Å². The summed E-state index contributed by atoms with van der Waals surface area (Å²) in [6.45, 7) is 3.02. The van der Waals surface area contributed by atoms with Gasteiger partial charge in [-0.05, 0) is 30.0 Å². The fourth-order valence-corrected chi connectivity index (χ4v) is 3.50. The molecule has 0 radical (unpaired) electrons. The van der Waals surface area contributed by atoms with Gasteiger partial charge in [-0.25, -0.2) is 4.79 Å². The van der Waals surface area contributed by atoms with Crippen LogP contribution in [0.2, 0.25) is 0 Å². The zero-order valence-electron chi connectivity index (χ0n) is 14.4. The van der Waals surface area contributed by atoms with Gasteiger partial charge < -0.3 is 20.3 Å². The number of nitrogens with one attached hydrogen (secondary N) is 2. The van der Waals surface area contributed by atoms with Gasteiger partial charge >= 0.3 is 12.2 Å². The number of hydrogen-bond donors (Lipinski definition) is 2. The molecule has 0 saturated carbocycles. The Morgan fingerprint density at radius 2 is 2.12 bits per heavy atom. The van der Waals surface area contributed by atoms with Crippen molar-refractivity contribution in [2.24, 2.45) is 11.3 Å². The van der Waals surface area contributed by atoms with E-state index in [-0.39, 0.29) is 32.0 Å². The number of rotatable bonds is 1. The molecule has 9 heteroatoms. The number of carbonyl (C=O) groups excluding carboxylic acids is 2. The van der Waals surface area contributed by atoms with Crippen molar-refractivity contribution >= 4 is 23.3 Å². The first-order valence-corrected chi connectivity index (χ1v) is 8.25. The van der Waals surface area contributed by atoms with Crippen LogP contribution in [0.1, 0.15) is 20.3 Å². The van der Waals surface area contributed by atoms with E-state index in [4.69, 9.17) is 4.74 Å². The standard InChI is InChI=1S/C17H20F3N3O3/c1-16(2)9-23(6-5-13(16)17(18,19)20)15(25)21-10-3-4-12-11(7-10)22-14(24)8-26-12/h3-4,7,13H,5-6,8-9H2,1-2H3,(H,21,25)(H,22,24)/t13-/m1/s1. The van der Waals surface area contributed by atoms with E-state index in [1.54, 1.807) is 18.2 Å². The monoisotopic (exact) mass is 371 g/mol. The van der Waals surface area contributed by atoms with Gasteiger partial charge in [0, 0.05) is 18.8 Å². The topological polar surface area (TPSA) is 70.7 Å². The van der Waals surface area contributed by atoms with Gasteiger partial charge in [0.1, 0.15) is 5.75 Å². The second kappa shape index (κ2) is 6.37. The van der Waals surface area contributed by atoms with Crippen LogP contribution in [0.15, 0.2) is 18.2 Å². The molecule has 0 aromatic heterocycles. The molecule has 142 valence electrons. The Labute approximate surface area is 148 Å². The summed E-state index contributed by atoms with van der Waals surface area (Å²) in [5.41, 5.74) is -0.198. The first kappa shape index (κ1) is 18.3. The molecule has 1 saturated heterocycles. The van der Waals surface area contributed by atoms with Crippen molar-refractivity contribution in [3.8, 4) is 5.75 Å². The Hall–Kier alpha value is -2.45. The number of ether oxygens (including phenoxy) is 1. The molecule has 2 aliphatic heterocycles. The van der Waals surface area contributed by atoms with Crippen LogP contribution >= 0.6 is 0 Å². The number of likely N-dealkylation sites (tertiary alicyclic amines) is 1. The minimum absolute atomic E-state index is 0.00774. The normalized spacial score (nSPS) is 22.1. The maximum absolute atomic E-state index is 13.1. The molecule has 1 fully saturated rings. The molecule has 1 aromatic carbocycles. The van der Waals surface area contributed by atoms with E-state index in [2.05, 4.69) is 10.6 Å². The number of alkyl halides is 3. The average Bonchev–Trinajstić information content (AvgIpc) is 2.52. The number of halogens is 3. The third-order valence-electron chi connectivity index (χ3n) is 4.78. The highest BCUT2D eigenvalue weighted by atomic mass is 19.4. The number of anilines is 2. The van der Waals surface area contributed by atoms with Crippen LogP contribution in [0, 0.1) is 11.3 Å². The molecular formula is C17H20F3N3O3. The fourth-order valence-electron chi connectivity index (χ4n) is 3.50. The Bertz CT molecular complexity index is 734. The van der Waals surface area contributed by atoms with E-state index in [0.29, 0.717) is 17.1 Å². The van der Waals surface area contributed by atoms with Gasteiger partial charge in [-0.3, -0.25) is 4.79 Å². The van der Waals surface area contributed by atoms with Crippen LogP contribution in [-0.2, 0) is 4.79 Å². The van der Waals surface area contributed by atoms with E-state index in [1.807, 2.05) is 0 Å². The van der Waals surface area contributed by atoms with E-state index in [0.717, 1.165) is 0 Å². The molecule has 2 aliphatic rings. The highest BCUT2D eigenvalue weighted by molar-refractivity contribution is 5.97. The third-order valence-corrected chi connectivity index (χ3v) is 4.78. The van der Waals surface area contributed by atoms with Gasteiger partial charge in [0.05, 0.1) is 11.6 Å². The Balaban J connectivity index is 1.68. The predicted octanol–water partition coefficient (Wildman–Crippen LogP) is 3.46. The van der Waals surface area contributed by atoms with Crippen LogP contribution < -0.4 is 15.4 Å². The SMILES string of the molecule is CC1(C)CN(C(=O)Nc2ccc3c(c2)NC(=O)CO3)CC[C@H]1C(F)(F)F. The number of hydrogen-bond acceptors (Lipinski definition) is 3. The summed E-state index contributed by atoms with van der Waals surface area (Å²) in [6.07, 6.45) is -4.40. The van der Waals surface area contributed by atoms with Gasteiger partial charge in [-0.1, -0.05) is 13.8 Å². The van der Waals surface area contributed by atoms with E-state index >= 15 is 0 Å². The Morgan fingerprint density at radius 3 is 2.77 bits per heavy atom. The molecule has 26 heavy (non-hydrogen) atoms. The largest absolute Gasteiger partial charge is 0.482 e. The fraction of sp³-hybridized carbons (Fsp3) is 0.529. The molecule has 0 aliphatic carbocycles. The van der Waals surface area contributed by atoms with Crippen molar-refractivity contribution in [1.82, 2.24) is 4.90 Å². The number of urea groups is 1. The Morgan fingerprint density at radius 1 is 1.38 bits per heavy atom. The molecule has 2 heterocycles. The van der Waals surface area contributed by atoms with Crippen molar-refractivity contribution in [3.05, 3.63) is 18.2 Å². The minimum atomic E-state index is -4.28. The van der Waals surface area contributed by atoms with Crippen LogP contribution in [0.5, 0.6) is 5.75 Å². The van der Waals surface area contributed by atoms with Gasteiger partial charge in [0.2, 0.25) is 0 Å². The van der Waals surface area contributed by atoms with Gasteiger partial charge in [-0.15, -0.1) is 0 Å². The van der Waals surface area contributed by atoms with E-state index < -0.39 is 23.5 Å².